The second-order valence-corrected chi connectivity index (χ2v) is 4.92. The van der Waals surface area contributed by atoms with E-state index in [0.29, 0.717) is 0 Å². The number of benzene rings is 1. The van der Waals surface area contributed by atoms with Crippen molar-refractivity contribution in [3.8, 4) is 0 Å². The Morgan fingerprint density at radius 2 is 2.00 bits per heavy atom. The van der Waals surface area contributed by atoms with Crippen molar-refractivity contribution in [2.24, 2.45) is 0 Å². The minimum Gasteiger partial charge on any atom is -0.312 e. The van der Waals surface area contributed by atoms with Crippen LogP contribution in [-0.2, 0) is 19.5 Å². The lowest BCUT2D eigenvalue weighted by atomic mass is 10.1. The van der Waals surface area contributed by atoms with E-state index in [0.717, 1.165) is 38.2 Å². The molecule has 2 aromatic rings. The minimum absolute atomic E-state index is 0.905. The maximum absolute atomic E-state index is 4.51. The van der Waals surface area contributed by atoms with Crippen LogP contribution in [0.3, 0.4) is 0 Å². The summed E-state index contributed by atoms with van der Waals surface area (Å²) < 4.78 is 2.05. The fourth-order valence-electron chi connectivity index (χ4n) is 2.18. The van der Waals surface area contributed by atoms with Gasteiger partial charge in [-0.25, -0.2) is 0 Å². The van der Waals surface area contributed by atoms with E-state index in [4.69, 9.17) is 0 Å². The lowest BCUT2D eigenvalue weighted by Gasteiger charge is -2.04. The van der Waals surface area contributed by atoms with Crippen LogP contribution in [-0.4, -0.2) is 16.3 Å². The first-order valence-corrected chi connectivity index (χ1v) is 7.07. The Hall–Kier alpha value is -1.61. The molecule has 0 bridgehead atoms. The summed E-state index contributed by atoms with van der Waals surface area (Å²) in [7, 11) is 0. The number of aromatic nitrogens is 2. The van der Waals surface area contributed by atoms with Crippen LogP contribution in [0.1, 0.15) is 30.2 Å². The van der Waals surface area contributed by atoms with Gasteiger partial charge in [-0.2, -0.15) is 5.10 Å². The van der Waals surface area contributed by atoms with E-state index in [1.54, 1.807) is 0 Å². The average Bonchev–Trinajstić information content (AvgIpc) is 2.77. The van der Waals surface area contributed by atoms with Crippen molar-refractivity contribution in [3.63, 3.8) is 0 Å². The summed E-state index contributed by atoms with van der Waals surface area (Å²) in [6.45, 7) is 7.17. The van der Waals surface area contributed by atoms with E-state index in [2.05, 4.69) is 60.8 Å². The fourth-order valence-corrected chi connectivity index (χ4v) is 2.18. The molecule has 0 amide bonds. The van der Waals surface area contributed by atoms with E-state index >= 15 is 0 Å². The Morgan fingerprint density at radius 3 is 2.74 bits per heavy atom. The lowest BCUT2D eigenvalue weighted by Crippen LogP contribution is -2.16. The van der Waals surface area contributed by atoms with Crippen LogP contribution in [0.25, 0.3) is 0 Å². The quantitative estimate of drug-likeness (QED) is 0.773. The van der Waals surface area contributed by atoms with Crippen LogP contribution in [0.4, 0.5) is 0 Å². The number of aryl methyl sites for hydroxylation is 2. The van der Waals surface area contributed by atoms with Crippen LogP contribution in [0.15, 0.2) is 36.5 Å². The second-order valence-electron chi connectivity index (χ2n) is 4.92. The number of rotatable bonds is 7. The first-order chi connectivity index (χ1) is 9.29. The molecule has 19 heavy (non-hydrogen) atoms. The van der Waals surface area contributed by atoms with Crippen molar-refractivity contribution in [2.75, 3.05) is 6.54 Å². The van der Waals surface area contributed by atoms with Crippen LogP contribution in [0, 0.1) is 6.92 Å². The molecule has 3 heteroatoms. The van der Waals surface area contributed by atoms with Gasteiger partial charge in [0, 0.05) is 24.8 Å². The van der Waals surface area contributed by atoms with Crippen LogP contribution in [0.2, 0.25) is 0 Å². The van der Waals surface area contributed by atoms with Gasteiger partial charge in [0.25, 0.3) is 0 Å². The highest BCUT2D eigenvalue weighted by Crippen LogP contribution is 2.06. The molecule has 1 heterocycles. The summed E-state index contributed by atoms with van der Waals surface area (Å²) in [5.74, 6) is 0. The van der Waals surface area contributed by atoms with E-state index in [-0.39, 0.29) is 0 Å². The molecule has 0 saturated heterocycles. The maximum Gasteiger partial charge on any atom is 0.0638 e. The van der Waals surface area contributed by atoms with Gasteiger partial charge < -0.3 is 5.32 Å². The third-order valence-corrected chi connectivity index (χ3v) is 3.25. The summed E-state index contributed by atoms with van der Waals surface area (Å²) in [5.41, 5.74) is 3.83. The van der Waals surface area contributed by atoms with E-state index < -0.39 is 0 Å². The monoisotopic (exact) mass is 257 g/mol. The second kappa shape index (κ2) is 7.10. The highest BCUT2D eigenvalue weighted by molar-refractivity contribution is 5.16. The Labute approximate surface area is 115 Å². The number of hydrogen-bond donors (Lipinski definition) is 1. The SMILES string of the molecule is CCCn1cc(CNCCc2ccccc2)c(C)n1. The van der Waals surface area contributed by atoms with Gasteiger partial charge in [-0.05, 0) is 31.9 Å². The van der Waals surface area contributed by atoms with Gasteiger partial charge in [-0.1, -0.05) is 37.3 Å². The summed E-state index contributed by atoms with van der Waals surface area (Å²) in [6.07, 6.45) is 4.36. The van der Waals surface area contributed by atoms with Gasteiger partial charge in [0.15, 0.2) is 0 Å². The summed E-state index contributed by atoms with van der Waals surface area (Å²) in [5, 5.41) is 8.01. The molecule has 102 valence electrons. The zero-order chi connectivity index (χ0) is 13.5. The largest absolute Gasteiger partial charge is 0.312 e. The van der Waals surface area contributed by atoms with Gasteiger partial charge in [-0.15, -0.1) is 0 Å². The van der Waals surface area contributed by atoms with E-state index in [1.165, 1.54) is 11.1 Å². The lowest BCUT2D eigenvalue weighted by molar-refractivity contribution is 0.597. The molecular weight excluding hydrogens is 234 g/mol. The fraction of sp³-hybridized carbons (Fsp3) is 0.438. The number of hydrogen-bond acceptors (Lipinski definition) is 2. The first-order valence-electron chi connectivity index (χ1n) is 7.07. The van der Waals surface area contributed by atoms with Crippen molar-refractivity contribution < 1.29 is 0 Å². The molecule has 2 rings (SSSR count). The Bertz CT molecular complexity index is 488. The van der Waals surface area contributed by atoms with E-state index in [9.17, 15) is 0 Å². The molecule has 1 aromatic heterocycles. The first kappa shape index (κ1) is 13.8. The molecule has 0 aliphatic carbocycles. The predicted octanol–water partition coefficient (Wildman–Crippen LogP) is 2.93. The Kier molecular flexibility index (Phi) is 5.16. The maximum atomic E-state index is 4.51. The molecule has 1 N–H and O–H groups in total. The van der Waals surface area contributed by atoms with Crippen molar-refractivity contribution in [1.82, 2.24) is 15.1 Å². The van der Waals surface area contributed by atoms with Crippen LogP contribution in [0.5, 0.6) is 0 Å². The van der Waals surface area contributed by atoms with Crippen molar-refractivity contribution in [1.29, 1.82) is 0 Å². The van der Waals surface area contributed by atoms with Gasteiger partial charge in [-0.3, -0.25) is 4.68 Å². The van der Waals surface area contributed by atoms with E-state index in [1.807, 2.05) is 4.68 Å². The van der Waals surface area contributed by atoms with Gasteiger partial charge in [0.05, 0.1) is 5.69 Å². The van der Waals surface area contributed by atoms with Crippen molar-refractivity contribution >= 4 is 0 Å². The standard InChI is InChI=1S/C16H23N3/c1-3-11-19-13-16(14(2)18-19)12-17-10-9-15-7-5-4-6-8-15/h4-8,13,17H,3,9-12H2,1-2H3. The van der Waals surface area contributed by atoms with Gasteiger partial charge in [0.1, 0.15) is 0 Å². The van der Waals surface area contributed by atoms with Gasteiger partial charge >= 0.3 is 0 Å². The highest BCUT2D eigenvalue weighted by atomic mass is 15.3. The Balaban J connectivity index is 1.76. The zero-order valence-electron chi connectivity index (χ0n) is 11.9. The molecule has 0 aliphatic rings. The number of nitrogens with zero attached hydrogens (tertiary/aromatic N) is 2. The van der Waals surface area contributed by atoms with Crippen LogP contribution >= 0.6 is 0 Å². The molecule has 0 atom stereocenters. The molecule has 0 unspecified atom stereocenters. The van der Waals surface area contributed by atoms with Crippen molar-refractivity contribution in [2.45, 2.75) is 39.8 Å². The zero-order valence-corrected chi connectivity index (χ0v) is 11.9. The summed E-state index contributed by atoms with van der Waals surface area (Å²) >= 11 is 0. The number of nitrogens with one attached hydrogen (secondary N) is 1. The average molecular weight is 257 g/mol. The Morgan fingerprint density at radius 1 is 1.21 bits per heavy atom. The van der Waals surface area contributed by atoms with Crippen LogP contribution < -0.4 is 5.32 Å². The smallest absolute Gasteiger partial charge is 0.0638 e. The molecule has 0 spiro atoms. The topological polar surface area (TPSA) is 29.9 Å². The summed E-state index contributed by atoms with van der Waals surface area (Å²) in [4.78, 5) is 0. The molecule has 0 saturated carbocycles. The molecule has 1 aromatic carbocycles. The highest BCUT2D eigenvalue weighted by Gasteiger charge is 2.03. The molecule has 0 radical (unpaired) electrons. The minimum atomic E-state index is 0.905. The van der Waals surface area contributed by atoms with Crippen molar-refractivity contribution in [3.05, 3.63) is 53.3 Å². The predicted molar refractivity (Wildman–Crippen MR) is 79.1 cm³/mol. The molecular formula is C16H23N3. The third kappa shape index (κ3) is 4.21. The normalized spacial score (nSPS) is 10.8. The summed E-state index contributed by atoms with van der Waals surface area (Å²) in [6, 6.07) is 10.6. The molecule has 0 aliphatic heterocycles. The third-order valence-electron chi connectivity index (χ3n) is 3.25. The molecule has 3 nitrogen and oxygen atoms in total. The molecule has 0 fully saturated rings. The van der Waals surface area contributed by atoms with Gasteiger partial charge in [0.2, 0.25) is 0 Å².